The predicted molar refractivity (Wildman–Crippen MR) is 103 cm³/mol. The molecule has 0 unspecified atom stereocenters. The van der Waals surface area contributed by atoms with Gasteiger partial charge in [-0.2, -0.15) is 4.31 Å². The van der Waals surface area contributed by atoms with E-state index in [2.05, 4.69) is 9.99 Å². The van der Waals surface area contributed by atoms with Crippen molar-refractivity contribution >= 4 is 60.7 Å². The molecule has 1 aromatic heterocycles. The summed E-state index contributed by atoms with van der Waals surface area (Å²) in [7, 11) is -7.40. The van der Waals surface area contributed by atoms with Crippen LogP contribution in [0, 0.1) is 0 Å². The monoisotopic (exact) mass is 490 g/mol. The zero-order chi connectivity index (χ0) is 20.7. The highest BCUT2D eigenvalue weighted by molar-refractivity contribution is 7.92. The molecule has 28 heavy (non-hydrogen) atoms. The van der Waals surface area contributed by atoms with Crippen molar-refractivity contribution < 1.29 is 26.1 Å². The third-order valence-electron chi connectivity index (χ3n) is 3.85. The van der Waals surface area contributed by atoms with E-state index in [-0.39, 0.29) is 47.1 Å². The zero-order valence-electron chi connectivity index (χ0n) is 14.3. The second kappa shape index (κ2) is 7.84. The Hall–Kier alpha value is -1.31. The molecule has 0 bridgehead atoms. The highest BCUT2D eigenvalue weighted by Crippen LogP contribution is 2.28. The fraction of sp³-hybridized carbons (Fsp3) is 0.385. The number of rotatable bonds is 5. The van der Waals surface area contributed by atoms with E-state index < -0.39 is 20.0 Å². The molecule has 3 rings (SSSR count). The van der Waals surface area contributed by atoms with Crippen LogP contribution < -0.4 is 14.5 Å². The van der Waals surface area contributed by atoms with Gasteiger partial charge in [0.05, 0.1) is 29.2 Å². The Labute approximate surface area is 176 Å². The number of sulfonamides is 2. The van der Waals surface area contributed by atoms with Crippen LogP contribution in [0.3, 0.4) is 0 Å². The van der Waals surface area contributed by atoms with Gasteiger partial charge in [-0.25, -0.2) is 21.6 Å². The minimum atomic E-state index is -3.81. The Bertz CT molecular complexity index is 1100. The smallest absolute Gasteiger partial charge is 0.277 e. The molecule has 1 aliphatic rings. The van der Waals surface area contributed by atoms with E-state index in [1.165, 1.54) is 27.3 Å². The second-order valence-corrected chi connectivity index (χ2v) is 10.7. The SMILES string of the molecule is CS(=O)(=O)Nc1on[n+](N2CCN(S(=O)(=O)c3ccc(Cl)cc3Cl)CC2)c1Cl. The van der Waals surface area contributed by atoms with Gasteiger partial charge >= 0.3 is 11.0 Å². The molecule has 0 aliphatic carbocycles. The van der Waals surface area contributed by atoms with Crippen molar-refractivity contribution in [3.63, 3.8) is 0 Å². The highest BCUT2D eigenvalue weighted by atomic mass is 35.5. The Balaban J connectivity index is 1.74. The van der Waals surface area contributed by atoms with Gasteiger partial charge in [-0.3, -0.25) is 4.52 Å². The zero-order valence-corrected chi connectivity index (χ0v) is 18.2. The van der Waals surface area contributed by atoms with Crippen LogP contribution in [0.15, 0.2) is 27.6 Å². The molecule has 0 atom stereocenters. The maximum absolute atomic E-state index is 12.8. The summed E-state index contributed by atoms with van der Waals surface area (Å²) >= 11 is 18.0. The summed E-state index contributed by atoms with van der Waals surface area (Å²) in [4.78, 5) is 1.15. The second-order valence-electron chi connectivity index (χ2n) is 5.89. The number of nitrogens with zero attached hydrogens (tertiary/aromatic N) is 4. The summed E-state index contributed by atoms with van der Waals surface area (Å²) in [6.07, 6.45) is 0.946. The molecule has 0 spiro atoms. The summed E-state index contributed by atoms with van der Waals surface area (Å²) in [6.45, 7) is 0.734. The lowest BCUT2D eigenvalue weighted by Crippen LogP contribution is -2.66. The molecule has 0 radical (unpaired) electrons. The number of hydrogen-bond donors (Lipinski definition) is 1. The average molecular weight is 492 g/mol. The maximum Gasteiger partial charge on any atom is 0.400 e. The molecule has 1 aromatic carbocycles. The summed E-state index contributed by atoms with van der Waals surface area (Å²) in [5.74, 6) is -0.229. The van der Waals surface area contributed by atoms with E-state index in [0.717, 1.165) is 6.26 Å². The van der Waals surface area contributed by atoms with Crippen molar-refractivity contribution in [3.05, 3.63) is 33.4 Å². The van der Waals surface area contributed by atoms with E-state index in [0.29, 0.717) is 5.02 Å². The van der Waals surface area contributed by atoms with Crippen molar-refractivity contribution in [2.75, 3.05) is 42.2 Å². The van der Waals surface area contributed by atoms with E-state index >= 15 is 0 Å². The number of halogens is 3. The number of aromatic nitrogens is 2. The Morgan fingerprint density at radius 2 is 1.75 bits per heavy atom. The molecular weight excluding hydrogens is 477 g/mol. The summed E-state index contributed by atoms with van der Waals surface area (Å²) in [6, 6.07) is 4.18. The summed E-state index contributed by atoms with van der Waals surface area (Å²) in [5.41, 5.74) is 0. The normalized spacial score (nSPS) is 16.4. The van der Waals surface area contributed by atoms with Gasteiger partial charge in [0.1, 0.15) is 4.90 Å². The number of anilines is 1. The van der Waals surface area contributed by atoms with E-state index in [9.17, 15) is 16.8 Å². The first-order chi connectivity index (χ1) is 13.0. The van der Waals surface area contributed by atoms with Crippen molar-refractivity contribution in [3.8, 4) is 0 Å². The largest absolute Gasteiger partial charge is 0.400 e. The first-order valence-electron chi connectivity index (χ1n) is 7.75. The fourth-order valence-electron chi connectivity index (χ4n) is 2.58. The first-order valence-corrected chi connectivity index (χ1v) is 12.2. The van der Waals surface area contributed by atoms with Gasteiger partial charge in [0.25, 0.3) is 0 Å². The van der Waals surface area contributed by atoms with E-state index in [4.69, 9.17) is 39.3 Å². The van der Waals surface area contributed by atoms with Gasteiger partial charge < -0.3 is 0 Å². The number of piperazine rings is 1. The molecule has 2 aromatic rings. The predicted octanol–water partition coefficient (Wildman–Crippen LogP) is 0.936. The van der Waals surface area contributed by atoms with Crippen LogP contribution in [0.2, 0.25) is 15.2 Å². The minimum Gasteiger partial charge on any atom is -0.277 e. The van der Waals surface area contributed by atoms with Crippen LogP contribution >= 0.6 is 34.8 Å². The minimum absolute atomic E-state index is 0.0289. The van der Waals surface area contributed by atoms with Gasteiger partial charge in [0, 0.05) is 29.7 Å². The van der Waals surface area contributed by atoms with Crippen molar-refractivity contribution in [2.45, 2.75) is 4.90 Å². The van der Waals surface area contributed by atoms with Crippen molar-refractivity contribution in [2.24, 2.45) is 0 Å². The van der Waals surface area contributed by atoms with Gasteiger partial charge in [-0.05, 0) is 18.2 Å². The molecule has 0 amide bonds. The molecule has 1 fully saturated rings. The molecule has 2 heterocycles. The quantitative estimate of drug-likeness (QED) is 0.619. The Kier molecular flexibility index (Phi) is 5.99. The highest BCUT2D eigenvalue weighted by Gasteiger charge is 2.36. The first kappa shape index (κ1) is 21.4. The van der Waals surface area contributed by atoms with Gasteiger partial charge in [0.2, 0.25) is 25.3 Å². The lowest BCUT2D eigenvalue weighted by Gasteiger charge is -2.29. The van der Waals surface area contributed by atoms with Crippen molar-refractivity contribution in [1.29, 1.82) is 0 Å². The van der Waals surface area contributed by atoms with Crippen LogP contribution in [-0.2, 0) is 20.0 Å². The molecular formula is C13H15Cl3N5O5S2+. The van der Waals surface area contributed by atoms with Gasteiger partial charge in [-0.1, -0.05) is 23.2 Å². The maximum atomic E-state index is 12.8. The standard InChI is InChI=1S/C13H15Cl3N5O5S2/c1-27(22,23)17-13-12(16)21(18-26-13)19-4-6-20(7-5-19)28(24,25)11-3-2-9(14)8-10(11)15/h2-3,8,17H,4-7H2,1H3/q+1. The van der Waals surface area contributed by atoms with Crippen LogP contribution in [-0.4, -0.2) is 58.8 Å². The summed E-state index contributed by atoms with van der Waals surface area (Å²) in [5, 5.41) is 5.62. The lowest BCUT2D eigenvalue weighted by molar-refractivity contribution is -0.757. The third-order valence-corrected chi connectivity index (χ3v) is 7.34. The van der Waals surface area contributed by atoms with Crippen LogP contribution in [0.25, 0.3) is 0 Å². The Morgan fingerprint density at radius 1 is 1.11 bits per heavy atom. The van der Waals surface area contributed by atoms with Gasteiger partial charge in [-0.15, -0.1) is 5.01 Å². The van der Waals surface area contributed by atoms with Gasteiger partial charge in [0.15, 0.2) is 0 Å². The average Bonchev–Trinajstić information content (AvgIpc) is 2.93. The molecule has 10 nitrogen and oxygen atoms in total. The number of nitrogens with one attached hydrogen (secondary N) is 1. The molecule has 1 saturated heterocycles. The van der Waals surface area contributed by atoms with Crippen LogP contribution in [0.1, 0.15) is 0 Å². The molecule has 1 aliphatic heterocycles. The van der Waals surface area contributed by atoms with Crippen LogP contribution in [0.4, 0.5) is 5.88 Å². The van der Waals surface area contributed by atoms with E-state index in [1.807, 2.05) is 0 Å². The topological polar surface area (TPSA) is 117 Å². The summed E-state index contributed by atoms with van der Waals surface area (Å²) < 4.78 is 56.5. The molecule has 15 heteroatoms. The lowest BCUT2D eigenvalue weighted by atomic mass is 10.4. The van der Waals surface area contributed by atoms with E-state index in [1.54, 1.807) is 5.01 Å². The Morgan fingerprint density at radius 3 is 2.32 bits per heavy atom. The fourth-order valence-corrected chi connectivity index (χ4v) is 5.49. The number of benzene rings is 1. The molecule has 0 saturated carbocycles. The van der Waals surface area contributed by atoms with Crippen LogP contribution in [0.5, 0.6) is 0 Å². The third kappa shape index (κ3) is 4.47. The molecule has 154 valence electrons. The van der Waals surface area contributed by atoms with Crippen molar-refractivity contribution in [1.82, 2.24) is 9.58 Å². The number of hydrogen-bond acceptors (Lipinski definition) is 7. The molecule has 1 N–H and O–H groups in total.